The molecule has 0 unspecified atom stereocenters. The number of tetrazole rings is 1. The number of aryl methyl sites for hydroxylation is 1. The van der Waals surface area contributed by atoms with Gasteiger partial charge in [-0.2, -0.15) is 9.36 Å². The molecule has 6 nitrogen and oxygen atoms in total. The van der Waals surface area contributed by atoms with Gasteiger partial charge in [-0.3, -0.25) is 0 Å². The van der Waals surface area contributed by atoms with Crippen LogP contribution in [0.1, 0.15) is 35.4 Å². The van der Waals surface area contributed by atoms with Crippen LogP contribution in [0.15, 0.2) is 41.2 Å². The second kappa shape index (κ2) is 6.40. The van der Waals surface area contributed by atoms with E-state index < -0.39 is 0 Å². The normalized spacial score (nSPS) is 13.8. The largest absolute Gasteiger partial charge is 0.488 e. The molecule has 0 spiro atoms. The van der Waals surface area contributed by atoms with Gasteiger partial charge in [0, 0.05) is 18.2 Å². The van der Waals surface area contributed by atoms with Gasteiger partial charge in [0.05, 0.1) is 5.69 Å². The summed E-state index contributed by atoms with van der Waals surface area (Å²) in [6.07, 6.45) is 2.23. The predicted molar refractivity (Wildman–Crippen MR) is 94.0 cm³/mol. The number of hydrogen-bond donors (Lipinski definition) is 0. The van der Waals surface area contributed by atoms with Crippen molar-refractivity contribution in [3.63, 3.8) is 0 Å². The predicted octanol–water partition coefficient (Wildman–Crippen LogP) is 2.87. The molecule has 0 amide bonds. The van der Waals surface area contributed by atoms with Crippen molar-refractivity contribution in [1.29, 1.82) is 0 Å². The maximum absolute atomic E-state index is 13.8. The van der Waals surface area contributed by atoms with Gasteiger partial charge in [0.15, 0.2) is 0 Å². The highest BCUT2D eigenvalue weighted by atomic mass is 19.1. The van der Waals surface area contributed by atoms with Gasteiger partial charge in [0.1, 0.15) is 18.2 Å². The number of benzene rings is 2. The summed E-state index contributed by atoms with van der Waals surface area (Å²) in [6, 6.07) is 10.6. The molecule has 1 aliphatic rings. The molecule has 2 aromatic carbocycles. The maximum atomic E-state index is 13.8. The number of rotatable bonds is 5. The third-order valence-corrected chi connectivity index (χ3v) is 4.74. The third-order valence-electron chi connectivity index (χ3n) is 4.74. The van der Waals surface area contributed by atoms with Crippen molar-refractivity contribution in [3.8, 4) is 11.4 Å². The molecule has 134 valence electrons. The van der Waals surface area contributed by atoms with Crippen LogP contribution in [0, 0.1) is 12.7 Å². The first-order valence-corrected chi connectivity index (χ1v) is 8.55. The Labute approximate surface area is 149 Å². The molecule has 1 fully saturated rings. The minimum Gasteiger partial charge on any atom is -0.488 e. The summed E-state index contributed by atoms with van der Waals surface area (Å²) in [6.45, 7) is 1.92. The molecule has 0 N–H and O–H groups in total. The molecule has 3 aromatic rings. The van der Waals surface area contributed by atoms with Gasteiger partial charge < -0.3 is 4.74 Å². The highest BCUT2D eigenvalue weighted by Crippen LogP contribution is 2.43. The van der Waals surface area contributed by atoms with Gasteiger partial charge in [0.25, 0.3) is 0 Å². The van der Waals surface area contributed by atoms with Gasteiger partial charge in [-0.25, -0.2) is 9.18 Å². The van der Waals surface area contributed by atoms with Crippen LogP contribution in [0.25, 0.3) is 5.69 Å². The summed E-state index contributed by atoms with van der Waals surface area (Å²) in [7, 11) is 1.56. The van der Waals surface area contributed by atoms with Crippen molar-refractivity contribution < 1.29 is 9.13 Å². The standard InChI is InChI=1S/C19H19FN4O2/c1-12-16(20)6-4-8-18(12)26-11-15-14(13-9-10-13)5-3-7-17(15)24-19(25)23(2)21-22-24/h3-8,13H,9-11H2,1-2H3. The van der Waals surface area contributed by atoms with Crippen molar-refractivity contribution >= 4 is 0 Å². The summed E-state index contributed by atoms with van der Waals surface area (Å²) in [5, 5.41) is 7.75. The molecule has 0 radical (unpaired) electrons. The smallest absolute Gasteiger partial charge is 0.368 e. The van der Waals surface area contributed by atoms with E-state index in [1.807, 2.05) is 12.1 Å². The van der Waals surface area contributed by atoms with Crippen LogP contribution in [-0.2, 0) is 13.7 Å². The maximum Gasteiger partial charge on any atom is 0.368 e. The van der Waals surface area contributed by atoms with Crippen LogP contribution in [0.4, 0.5) is 4.39 Å². The Morgan fingerprint density at radius 3 is 2.65 bits per heavy atom. The average molecular weight is 354 g/mol. The fourth-order valence-electron chi connectivity index (χ4n) is 3.08. The van der Waals surface area contributed by atoms with E-state index in [2.05, 4.69) is 16.5 Å². The molecule has 0 bridgehead atoms. The lowest BCUT2D eigenvalue weighted by molar-refractivity contribution is 0.300. The fourth-order valence-corrected chi connectivity index (χ4v) is 3.08. The molecule has 4 rings (SSSR count). The van der Waals surface area contributed by atoms with Gasteiger partial charge in [-0.05, 0) is 59.9 Å². The summed E-state index contributed by atoms with van der Waals surface area (Å²) in [4.78, 5) is 12.3. The lowest BCUT2D eigenvalue weighted by atomic mass is 10.0. The molecule has 0 saturated heterocycles. The molecule has 26 heavy (non-hydrogen) atoms. The lowest BCUT2D eigenvalue weighted by Gasteiger charge is -2.16. The zero-order valence-corrected chi connectivity index (χ0v) is 14.6. The third kappa shape index (κ3) is 2.89. The van der Waals surface area contributed by atoms with E-state index in [4.69, 9.17) is 4.74 Å². The van der Waals surface area contributed by atoms with Crippen LogP contribution in [-0.4, -0.2) is 19.8 Å². The summed E-state index contributed by atoms with van der Waals surface area (Å²) >= 11 is 0. The zero-order valence-electron chi connectivity index (χ0n) is 14.6. The van der Waals surface area contributed by atoms with E-state index in [9.17, 15) is 9.18 Å². The molecular formula is C19H19FN4O2. The van der Waals surface area contributed by atoms with Crippen LogP contribution >= 0.6 is 0 Å². The SMILES string of the molecule is Cc1c(F)cccc1OCc1c(C2CC2)cccc1-n1nnn(C)c1=O. The molecule has 1 aromatic heterocycles. The number of ether oxygens (including phenoxy) is 1. The van der Waals surface area contributed by atoms with E-state index in [-0.39, 0.29) is 18.1 Å². The van der Waals surface area contributed by atoms with Crippen molar-refractivity contribution in [2.75, 3.05) is 0 Å². The molecule has 7 heteroatoms. The number of halogens is 1. The Balaban J connectivity index is 1.75. The van der Waals surface area contributed by atoms with E-state index in [1.165, 1.54) is 15.4 Å². The first kappa shape index (κ1) is 16.5. The Kier molecular flexibility index (Phi) is 4.06. The summed E-state index contributed by atoms with van der Waals surface area (Å²) in [5.41, 5.74) is 2.84. The van der Waals surface area contributed by atoms with Crippen molar-refractivity contribution in [2.24, 2.45) is 7.05 Å². The van der Waals surface area contributed by atoms with Gasteiger partial charge >= 0.3 is 5.69 Å². The van der Waals surface area contributed by atoms with E-state index in [0.717, 1.165) is 24.0 Å². The summed E-state index contributed by atoms with van der Waals surface area (Å²) in [5.74, 6) is 0.658. The fraction of sp³-hybridized carbons (Fsp3) is 0.316. The quantitative estimate of drug-likeness (QED) is 0.707. The first-order chi connectivity index (χ1) is 12.6. The molecule has 1 aliphatic carbocycles. The Morgan fingerprint density at radius 1 is 1.19 bits per heavy atom. The molecular weight excluding hydrogens is 335 g/mol. The van der Waals surface area contributed by atoms with Crippen LogP contribution in [0.3, 0.4) is 0 Å². The Morgan fingerprint density at radius 2 is 1.96 bits per heavy atom. The van der Waals surface area contributed by atoms with E-state index >= 15 is 0 Å². The second-order valence-electron chi connectivity index (χ2n) is 6.57. The number of aromatic nitrogens is 4. The van der Waals surface area contributed by atoms with Crippen molar-refractivity contribution in [2.45, 2.75) is 32.3 Å². The molecule has 0 aliphatic heterocycles. The van der Waals surface area contributed by atoms with Gasteiger partial charge in [0.2, 0.25) is 0 Å². The minimum absolute atomic E-state index is 0.231. The van der Waals surface area contributed by atoms with E-state index in [1.54, 1.807) is 26.1 Å². The minimum atomic E-state index is -0.318. The first-order valence-electron chi connectivity index (χ1n) is 8.55. The van der Waals surface area contributed by atoms with Crippen molar-refractivity contribution in [3.05, 3.63) is 69.4 Å². The van der Waals surface area contributed by atoms with Crippen molar-refractivity contribution in [1.82, 2.24) is 19.8 Å². The van der Waals surface area contributed by atoms with Crippen LogP contribution in [0.5, 0.6) is 5.75 Å². The Hall–Kier alpha value is -2.96. The Bertz CT molecular complexity index is 1020. The highest BCUT2D eigenvalue weighted by molar-refractivity contribution is 5.48. The number of hydrogen-bond acceptors (Lipinski definition) is 4. The second-order valence-corrected chi connectivity index (χ2v) is 6.57. The molecule has 1 heterocycles. The topological polar surface area (TPSA) is 61.9 Å². The number of nitrogens with zero attached hydrogens (tertiary/aromatic N) is 4. The van der Waals surface area contributed by atoms with Gasteiger partial charge in [-0.15, -0.1) is 0 Å². The highest BCUT2D eigenvalue weighted by Gasteiger charge is 2.28. The molecule has 1 saturated carbocycles. The van der Waals surface area contributed by atoms with Gasteiger partial charge in [-0.1, -0.05) is 18.2 Å². The zero-order chi connectivity index (χ0) is 18.3. The van der Waals surface area contributed by atoms with E-state index in [0.29, 0.717) is 22.9 Å². The molecule has 0 atom stereocenters. The monoisotopic (exact) mass is 354 g/mol. The lowest BCUT2D eigenvalue weighted by Crippen LogP contribution is -2.23. The summed E-state index contributed by atoms with van der Waals surface area (Å²) < 4.78 is 22.2. The average Bonchev–Trinajstić information content (AvgIpc) is 3.43. The van der Waals surface area contributed by atoms with Crippen LogP contribution < -0.4 is 10.4 Å². The van der Waals surface area contributed by atoms with Crippen LogP contribution in [0.2, 0.25) is 0 Å².